The molecule has 2 atom stereocenters. The molecule has 156 valence electrons. The molecular formula is C21H25FN2O5. The highest BCUT2D eigenvalue weighted by Crippen LogP contribution is 2.34. The molecule has 2 aromatic carbocycles. The van der Waals surface area contributed by atoms with Gasteiger partial charge in [0.25, 0.3) is 5.91 Å². The maximum atomic E-state index is 14.3. The van der Waals surface area contributed by atoms with E-state index < -0.39 is 11.9 Å². The van der Waals surface area contributed by atoms with Crippen LogP contribution in [0.25, 0.3) is 0 Å². The number of ether oxygens (including phenoxy) is 2. The molecule has 7 nitrogen and oxygen atoms in total. The van der Waals surface area contributed by atoms with Crippen LogP contribution in [0.3, 0.4) is 0 Å². The van der Waals surface area contributed by atoms with E-state index in [0.29, 0.717) is 29.8 Å². The zero-order valence-electron chi connectivity index (χ0n) is 16.2. The molecule has 0 bridgehead atoms. The standard InChI is InChI=1S/C21H25FN2O5/c1-28-19-5-3-14(21(27)24-7-6-15(12-25)17(26)11-24)9-20(19)29-18-4-2-13(10-23)8-16(18)22/h2-5,8-9,15,17,25-26H,6-7,10-12,23H2,1H3/t15-,17+/m1/s1. The molecule has 1 heterocycles. The SMILES string of the molecule is COc1ccc(C(=O)N2CC[C@H](CO)[C@@H](O)C2)cc1Oc1ccc(CN)cc1F. The van der Waals surface area contributed by atoms with Crippen molar-refractivity contribution in [1.82, 2.24) is 4.90 Å². The average molecular weight is 404 g/mol. The third-order valence-electron chi connectivity index (χ3n) is 5.11. The van der Waals surface area contributed by atoms with Crippen LogP contribution < -0.4 is 15.2 Å². The third kappa shape index (κ3) is 4.67. The summed E-state index contributed by atoms with van der Waals surface area (Å²) in [6.45, 7) is 0.668. The number of halogens is 1. The van der Waals surface area contributed by atoms with Crippen molar-refractivity contribution in [3.8, 4) is 17.2 Å². The average Bonchev–Trinajstić information content (AvgIpc) is 2.74. The van der Waals surface area contributed by atoms with Gasteiger partial charge in [0.05, 0.1) is 13.2 Å². The molecule has 1 amide bonds. The number of methoxy groups -OCH3 is 1. The number of benzene rings is 2. The highest BCUT2D eigenvalue weighted by atomic mass is 19.1. The molecule has 4 N–H and O–H groups in total. The Labute approximate surface area is 168 Å². The molecule has 2 aromatic rings. The molecular weight excluding hydrogens is 379 g/mol. The number of nitrogens with zero attached hydrogens (tertiary/aromatic N) is 1. The van der Waals surface area contributed by atoms with Gasteiger partial charge in [0.1, 0.15) is 0 Å². The van der Waals surface area contributed by atoms with Crippen LogP contribution in [0.1, 0.15) is 22.3 Å². The Bertz CT molecular complexity index is 876. The van der Waals surface area contributed by atoms with E-state index in [2.05, 4.69) is 0 Å². The number of amides is 1. The maximum Gasteiger partial charge on any atom is 0.254 e. The number of aliphatic hydroxyl groups excluding tert-OH is 2. The predicted octanol–water partition coefficient (Wildman–Crippen LogP) is 1.90. The lowest BCUT2D eigenvalue weighted by atomic mass is 9.94. The van der Waals surface area contributed by atoms with Crippen LogP contribution in [0, 0.1) is 11.7 Å². The first kappa shape index (κ1) is 21.0. The number of piperidine rings is 1. The van der Waals surface area contributed by atoms with Gasteiger partial charge < -0.3 is 30.3 Å². The molecule has 0 unspecified atom stereocenters. The molecule has 29 heavy (non-hydrogen) atoms. The minimum Gasteiger partial charge on any atom is -0.493 e. The lowest BCUT2D eigenvalue weighted by Crippen LogP contribution is -2.47. The molecule has 1 aliphatic heterocycles. The Morgan fingerprint density at radius 2 is 2.00 bits per heavy atom. The van der Waals surface area contributed by atoms with Crippen LogP contribution in [0.15, 0.2) is 36.4 Å². The third-order valence-corrected chi connectivity index (χ3v) is 5.11. The smallest absolute Gasteiger partial charge is 0.254 e. The van der Waals surface area contributed by atoms with Gasteiger partial charge in [0, 0.05) is 37.7 Å². The van der Waals surface area contributed by atoms with Crippen LogP contribution >= 0.6 is 0 Å². The van der Waals surface area contributed by atoms with Crippen molar-refractivity contribution in [2.24, 2.45) is 11.7 Å². The van der Waals surface area contributed by atoms with Crippen molar-refractivity contribution in [3.05, 3.63) is 53.3 Å². The van der Waals surface area contributed by atoms with Crippen LogP contribution in [0.2, 0.25) is 0 Å². The molecule has 1 fully saturated rings. The summed E-state index contributed by atoms with van der Waals surface area (Å²) in [5, 5.41) is 19.4. The highest BCUT2D eigenvalue weighted by Gasteiger charge is 2.30. The first-order valence-electron chi connectivity index (χ1n) is 9.39. The topological polar surface area (TPSA) is 105 Å². The number of β-amino-alcohol motifs (C(OH)–C–C–N with tert-alkyl or cyclic N) is 1. The number of likely N-dealkylation sites (tertiary alicyclic amines) is 1. The molecule has 0 radical (unpaired) electrons. The summed E-state index contributed by atoms with van der Waals surface area (Å²) in [5.41, 5.74) is 6.48. The van der Waals surface area contributed by atoms with E-state index in [0.717, 1.165) is 0 Å². The van der Waals surface area contributed by atoms with Crippen LogP contribution in [0.4, 0.5) is 4.39 Å². The van der Waals surface area contributed by atoms with E-state index in [4.69, 9.17) is 15.2 Å². The highest BCUT2D eigenvalue weighted by molar-refractivity contribution is 5.95. The van der Waals surface area contributed by atoms with Crippen molar-refractivity contribution in [2.75, 3.05) is 26.8 Å². The zero-order valence-corrected chi connectivity index (χ0v) is 16.2. The fourth-order valence-corrected chi connectivity index (χ4v) is 3.32. The van der Waals surface area contributed by atoms with Gasteiger partial charge in [-0.3, -0.25) is 4.79 Å². The number of carbonyl (C=O) groups is 1. The number of nitrogens with two attached hydrogens (primary N) is 1. The van der Waals surface area contributed by atoms with E-state index >= 15 is 0 Å². The molecule has 8 heteroatoms. The Kier molecular flexibility index (Phi) is 6.68. The predicted molar refractivity (Wildman–Crippen MR) is 104 cm³/mol. The Hall–Kier alpha value is -2.68. The summed E-state index contributed by atoms with van der Waals surface area (Å²) in [5.74, 6) is -0.545. The fraction of sp³-hybridized carbons (Fsp3) is 0.381. The van der Waals surface area contributed by atoms with Crippen LogP contribution in [-0.4, -0.2) is 53.9 Å². The van der Waals surface area contributed by atoms with Gasteiger partial charge in [-0.15, -0.1) is 0 Å². The van der Waals surface area contributed by atoms with Gasteiger partial charge in [-0.05, 0) is 42.3 Å². The van der Waals surface area contributed by atoms with E-state index in [9.17, 15) is 19.4 Å². The van der Waals surface area contributed by atoms with E-state index in [1.165, 1.54) is 30.2 Å². The first-order valence-corrected chi connectivity index (χ1v) is 9.39. The van der Waals surface area contributed by atoms with Gasteiger partial charge in [0.2, 0.25) is 0 Å². The van der Waals surface area contributed by atoms with E-state index in [-0.39, 0.29) is 43.0 Å². The lowest BCUT2D eigenvalue weighted by molar-refractivity contribution is 0.000868. The monoisotopic (exact) mass is 404 g/mol. The molecule has 0 saturated carbocycles. The van der Waals surface area contributed by atoms with Gasteiger partial charge in [-0.2, -0.15) is 0 Å². The molecule has 0 aliphatic carbocycles. The van der Waals surface area contributed by atoms with Crippen molar-refractivity contribution in [2.45, 2.75) is 19.1 Å². The normalized spacial score (nSPS) is 19.1. The number of carbonyl (C=O) groups excluding carboxylic acids is 1. The lowest BCUT2D eigenvalue weighted by Gasteiger charge is -2.35. The number of aliphatic hydroxyl groups is 2. The minimum absolute atomic E-state index is 0.00992. The molecule has 1 aliphatic rings. The van der Waals surface area contributed by atoms with Crippen molar-refractivity contribution in [3.63, 3.8) is 0 Å². The van der Waals surface area contributed by atoms with Gasteiger partial charge in [0.15, 0.2) is 23.1 Å². The molecule has 0 spiro atoms. The number of rotatable bonds is 6. The van der Waals surface area contributed by atoms with E-state index in [1.54, 1.807) is 18.2 Å². The van der Waals surface area contributed by atoms with Gasteiger partial charge >= 0.3 is 0 Å². The van der Waals surface area contributed by atoms with Crippen molar-refractivity contribution in [1.29, 1.82) is 0 Å². The minimum atomic E-state index is -0.776. The Morgan fingerprint density at radius 1 is 1.24 bits per heavy atom. The number of hydrogen-bond donors (Lipinski definition) is 3. The molecule has 3 rings (SSSR count). The summed E-state index contributed by atoms with van der Waals surface area (Å²) in [6, 6.07) is 9.08. The van der Waals surface area contributed by atoms with Crippen molar-refractivity contribution < 1.29 is 28.9 Å². The largest absolute Gasteiger partial charge is 0.493 e. The summed E-state index contributed by atoms with van der Waals surface area (Å²) >= 11 is 0. The van der Waals surface area contributed by atoms with E-state index in [1.807, 2.05) is 0 Å². The second-order valence-electron chi connectivity index (χ2n) is 6.99. The number of hydrogen-bond acceptors (Lipinski definition) is 6. The second-order valence-corrected chi connectivity index (χ2v) is 6.99. The molecule has 1 saturated heterocycles. The van der Waals surface area contributed by atoms with Crippen LogP contribution in [-0.2, 0) is 6.54 Å². The Morgan fingerprint density at radius 3 is 2.62 bits per heavy atom. The quantitative estimate of drug-likeness (QED) is 0.679. The summed E-state index contributed by atoms with van der Waals surface area (Å²) in [7, 11) is 1.45. The first-order chi connectivity index (χ1) is 14.0. The van der Waals surface area contributed by atoms with Crippen LogP contribution in [0.5, 0.6) is 17.2 Å². The van der Waals surface area contributed by atoms with Gasteiger partial charge in [-0.1, -0.05) is 6.07 Å². The second kappa shape index (κ2) is 9.21. The van der Waals surface area contributed by atoms with Gasteiger partial charge in [-0.25, -0.2) is 4.39 Å². The summed E-state index contributed by atoms with van der Waals surface area (Å²) in [4.78, 5) is 14.4. The fourth-order valence-electron chi connectivity index (χ4n) is 3.32. The summed E-state index contributed by atoms with van der Waals surface area (Å²) < 4.78 is 25.2. The summed E-state index contributed by atoms with van der Waals surface area (Å²) in [6.07, 6.45) is -0.261. The molecule has 0 aromatic heterocycles. The maximum absolute atomic E-state index is 14.3. The Balaban J connectivity index is 1.82. The zero-order chi connectivity index (χ0) is 21.0. The van der Waals surface area contributed by atoms with Crippen molar-refractivity contribution >= 4 is 5.91 Å².